The van der Waals surface area contributed by atoms with E-state index in [-0.39, 0.29) is 0 Å². The Hall–Kier alpha value is -1.68. The maximum atomic E-state index is 11.4. The summed E-state index contributed by atoms with van der Waals surface area (Å²) in [5, 5.41) is 2.81. The van der Waals surface area contributed by atoms with Gasteiger partial charge in [0.05, 0.1) is 18.2 Å². The average Bonchev–Trinajstić information content (AvgIpc) is 2.78. The van der Waals surface area contributed by atoms with Gasteiger partial charge in [-0.2, -0.15) is 4.37 Å². The Balaban J connectivity index is 2.46. The Morgan fingerprint density at radius 3 is 2.80 bits per heavy atom. The predicted octanol–water partition coefficient (Wildman–Crippen LogP) is 2.40. The van der Waals surface area contributed by atoms with Crippen LogP contribution in [0.3, 0.4) is 0 Å². The van der Waals surface area contributed by atoms with Crippen molar-refractivity contribution in [2.24, 2.45) is 0 Å². The van der Waals surface area contributed by atoms with E-state index in [2.05, 4.69) is 14.5 Å². The highest BCUT2D eigenvalue weighted by molar-refractivity contribution is 7.03. The summed E-state index contributed by atoms with van der Waals surface area (Å²) < 4.78 is 8.79. The summed E-state index contributed by atoms with van der Waals surface area (Å²) in [6, 6.07) is 9.51. The monoisotopic (exact) mass is 218 g/mol. The number of rotatable bonds is 2. The quantitative estimate of drug-likeness (QED) is 0.726. The van der Waals surface area contributed by atoms with Crippen LogP contribution in [0, 0.1) is 5.38 Å². The van der Waals surface area contributed by atoms with Gasteiger partial charge in [0.15, 0.2) is 0 Å². The summed E-state index contributed by atoms with van der Waals surface area (Å²) in [6.07, 6.45) is 0. The van der Waals surface area contributed by atoms with Gasteiger partial charge in [0.2, 0.25) is 0 Å². The van der Waals surface area contributed by atoms with Crippen LogP contribution in [0.4, 0.5) is 0 Å². The molecule has 1 radical (unpaired) electrons. The summed E-state index contributed by atoms with van der Waals surface area (Å²) in [6.45, 7) is 0. The molecule has 75 valence electrons. The van der Waals surface area contributed by atoms with Crippen molar-refractivity contribution in [1.29, 1.82) is 0 Å². The fraction of sp³-hybridized carbons (Fsp3) is 0.0909. The molecule has 0 bridgehead atoms. The summed E-state index contributed by atoms with van der Waals surface area (Å²) in [4.78, 5) is 11.4. The van der Waals surface area contributed by atoms with Gasteiger partial charge in [0.25, 0.3) is 0 Å². The molecule has 0 N–H and O–H groups in total. The summed E-state index contributed by atoms with van der Waals surface area (Å²) in [5.41, 5.74) is 1.93. The third-order valence-corrected chi connectivity index (χ3v) is 2.53. The van der Waals surface area contributed by atoms with Crippen molar-refractivity contribution >= 4 is 17.5 Å². The van der Waals surface area contributed by atoms with E-state index in [4.69, 9.17) is 0 Å². The van der Waals surface area contributed by atoms with Gasteiger partial charge in [0, 0.05) is 5.56 Å². The van der Waals surface area contributed by atoms with Gasteiger partial charge in [-0.1, -0.05) is 30.3 Å². The molecule has 2 rings (SSSR count). The molecule has 2 aromatic rings. The second kappa shape index (κ2) is 4.23. The van der Waals surface area contributed by atoms with Gasteiger partial charge in [-0.25, -0.2) is 4.79 Å². The lowest BCUT2D eigenvalue weighted by Gasteiger charge is -1.99. The number of carbonyl (C=O) groups is 1. The molecular weight excluding hydrogens is 210 g/mol. The Morgan fingerprint density at radius 1 is 1.40 bits per heavy atom. The van der Waals surface area contributed by atoms with Gasteiger partial charge >= 0.3 is 5.97 Å². The van der Waals surface area contributed by atoms with E-state index in [1.54, 1.807) is 0 Å². The van der Waals surface area contributed by atoms with Crippen LogP contribution in [0.1, 0.15) is 10.4 Å². The molecule has 1 heterocycles. The molecule has 3 nitrogen and oxygen atoms in total. The van der Waals surface area contributed by atoms with E-state index in [1.807, 2.05) is 30.3 Å². The van der Waals surface area contributed by atoms with Crippen molar-refractivity contribution < 1.29 is 9.53 Å². The molecule has 0 aliphatic heterocycles. The van der Waals surface area contributed by atoms with Crippen molar-refractivity contribution in [2.45, 2.75) is 0 Å². The lowest BCUT2D eigenvalue weighted by molar-refractivity contribution is 0.0601. The van der Waals surface area contributed by atoms with Gasteiger partial charge in [-0.3, -0.25) is 0 Å². The first kappa shape index (κ1) is 9.86. The van der Waals surface area contributed by atoms with Crippen LogP contribution in [0.25, 0.3) is 11.3 Å². The minimum atomic E-state index is -0.400. The fourth-order valence-electron chi connectivity index (χ4n) is 1.24. The summed E-state index contributed by atoms with van der Waals surface area (Å²) >= 11 is 1.13. The van der Waals surface area contributed by atoms with E-state index >= 15 is 0 Å². The summed E-state index contributed by atoms with van der Waals surface area (Å²) in [5.74, 6) is -0.400. The van der Waals surface area contributed by atoms with Gasteiger partial charge < -0.3 is 4.74 Å². The highest BCUT2D eigenvalue weighted by atomic mass is 32.1. The van der Waals surface area contributed by atoms with E-state index in [0.29, 0.717) is 11.3 Å². The highest BCUT2D eigenvalue weighted by Crippen LogP contribution is 2.23. The molecule has 0 fully saturated rings. The van der Waals surface area contributed by atoms with Crippen molar-refractivity contribution in [3.63, 3.8) is 0 Å². The molecule has 1 aromatic carbocycles. The number of hydrogen-bond acceptors (Lipinski definition) is 4. The number of methoxy groups -OCH3 is 1. The minimum Gasteiger partial charge on any atom is -0.465 e. The average molecular weight is 218 g/mol. The van der Waals surface area contributed by atoms with Crippen LogP contribution in [0.2, 0.25) is 0 Å². The Kier molecular flexibility index (Phi) is 2.78. The Bertz CT molecular complexity index is 464. The molecule has 0 aliphatic carbocycles. The number of ether oxygens (including phenoxy) is 1. The minimum absolute atomic E-state index is 0.397. The Labute approximate surface area is 91.5 Å². The zero-order valence-corrected chi connectivity index (χ0v) is 8.88. The number of esters is 1. The second-order valence-electron chi connectivity index (χ2n) is 2.87. The maximum Gasteiger partial charge on any atom is 0.341 e. The number of aromatic nitrogens is 1. The molecule has 0 amide bonds. The normalized spacial score (nSPS) is 9.93. The van der Waals surface area contributed by atoms with Crippen molar-refractivity contribution in [3.05, 3.63) is 41.3 Å². The smallest absolute Gasteiger partial charge is 0.341 e. The molecular formula is C11H8NO2S. The lowest BCUT2D eigenvalue weighted by atomic mass is 10.1. The van der Waals surface area contributed by atoms with Crippen molar-refractivity contribution in [3.8, 4) is 11.3 Å². The lowest BCUT2D eigenvalue weighted by Crippen LogP contribution is -2.01. The van der Waals surface area contributed by atoms with E-state index in [9.17, 15) is 4.79 Å². The first-order chi connectivity index (χ1) is 7.33. The van der Waals surface area contributed by atoms with E-state index in [1.165, 1.54) is 7.11 Å². The van der Waals surface area contributed by atoms with Crippen LogP contribution in [-0.2, 0) is 4.74 Å². The number of hydrogen-bond donors (Lipinski definition) is 0. The molecule has 0 unspecified atom stereocenters. The maximum absolute atomic E-state index is 11.4. The van der Waals surface area contributed by atoms with E-state index in [0.717, 1.165) is 17.1 Å². The molecule has 0 atom stereocenters. The van der Waals surface area contributed by atoms with Gasteiger partial charge in [0.1, 0.15) is 5.56 Å². The first-order valence-corrected chi connectivity index (χ1v) is 5.11. The zero-order valence-electron chi connectivity index (χ0n) is 8.06. The van der Waals surface area contributed by atoms with Gasteiger partial charge in [-0.05, 0) is 11.5 Å². The van der Waals surface area contributed by atoms with Crippen LogP contribution in [0.15, 0.2) is 30.3 Å². The van der Waals surface area contributed by atoms with Crippen LogP contribution in [0.5, 0.6) is 0 Å². The molecule has 0 spiro atoms. The van der Waals surface area contributed by atoms with Crippen LogP contribution >= 0.6 is 11.5 Å². The van der Waals surface area contributed by atoms with Crippen LogP contribution < -0.4 is 0 Å². The van der Waals surface area contributed by atoms with Crippen molar-refractivity contribution in [1.82, 2.24) is 4.37 Å². The molecule has 0 saturated carbocycles. The van der Waals surface area contributed by atoms with E-state index < -0.39 is 5.97 Å². The standard InChI is InChI=1S/C11H8NO2S/c1-14-11(13)9-7-15-12-10(9)8-5-3-2-4-6-8/h2-6H,1H3. The number of benzene rings is 1. The molecule has 15 heavy (non-hydrogen) atoms. The zero-order chi connectivity index (χ0) is 10.7. The summed E-state index contributed by atoms with van der Waals surface area (Å²) in [7, 11) is 1.35. The largest absolute Gasteiger partial charge is 0.465 e. The third-order valence-electron chi connectivity index (χ3n) is 1.96. The predicted molar refractivity (Wildman–Crippen MR) is 57.7 cm³/mol. The fourth-order valence-corrected chi connectivity index (χ4v) is 1.85. The topological polar surface area (TPSA) is 39.2 Å². The number of carbonyl (C=O) groups excluding carboxylic acids is 1. The first-order valence-electron chi connectivity index (χ1n) is 4.34. The second-order valence-corrected chi connectivity index (χ2v) is 3.44. The molecule has 0 aliphatic rings. The molecule has 4 heteroatoms. The van der Waals surface area contributed by atoms with Crippen LogP contribution in [-0.4, -0.2) is 17.5 Å². The van der Waals surface area contributed by atoms with Crippen molar-refractivity contribution in [2.75, 3.05) is 7.11 Å². The van der Waals surface area contributed by atoms with Gasteiger partial charge in [-0.15, -0.1) is 0 Å². The third kappa shape index (κ3) is 1.89. The highest BCUT2D eigenvalue weighted by Gasteiger charge is 2.16. The molecule has 1 aromatic heterocycles. The Morgan fingerprint density at radius 2 is 2.13 bits per heavy atom. The number of nitrogens with zero attached hydrogens (tertiary/aromatic N) is 1. The SMILES string of the molecule is COC(=O)c1[c]snc1-c1ccccc1. The molecule has 0 saturated heterocycles.